The van der Waals surface area contributed by atoms with E-state index < -0.39 is 0 Å². The van der Waals surface area contributed by atoms with Crippen LogP contribution in [0.1, 0.15) is 25.6 Å². The highest BCUT2D eigenvalue weighted by atomic mass is 16.5. The normalized spacial score (nSPS) is 14.9. The van der Waals surface area contributed by atoms with Gasteiger partial charge in [-0.05, 0) is 5.92 Å². The topological polar surface area (TPSA) is 70.3 Å². The second-order valence-electron chi connectivity index (χ2n) is 3.92. The van der Waals surface area contributed by atoms with Gasteiger partial charge in [-0.25, -0.2) is 4.98 Å². The zero-order chi connectivity index (χ0) is 12.1. The standard InChI is InChI=1S/C11H19N3O2/c1-7(2)10(15-3)8(12)9-11(16-4)14-6-5-13-9/h5-8,10H,12H2,1-4H3. The summed E-state index contributed by atoms with van der Waals surface area (Å²) in [6.45, 7) is 4.10. The first kappa shape index (κ1) is 12.9. The van der Waals surface area contributed by atoms with Crippen LogP contribution in [0.2, 0.25) is 0 Å². The highest BCUT2D eigenvalue weighted by Gasteiger charge is 2.26. The van der Waals surface area contributed by atoms with E-state index in [0.29, 0.717) is 17.5 Å². The molecule has 0 aromatic carbocycles. The molecule has 5 nitrogen and oxygen atoms in total. The van der Waals surface area contributed by atoms with Gasteiger partial charge in [-0.1, -0.05) is 13.8 Å². The van der Waals surface area contributed by atoms with Crippen LogP contribution in [0.3, 0.4) is 0 Å². The van der Waals surface area contributed by atoms with Crippen molar-refractivity contribution in [3.8, 4) is 5.88 Å². The Morgan fingerprint density at radius 3 is 2.31 bits per heavy atom. The third kappa shape index (κ3) is 2.68. The van der Waals surface area contributed by atoms with Gasteiger partial charge in [0.05, 0.1) is 19.3 Å². The molecule has 1 rings (SSSR count). The zero-order valence-electron chi connectivity index (χ0n) is 10.2. The van der Waals surface area contributed by atoms with E-state index in [1.807, 2.05) is 0 Å². The van der Waals surface area contributed by atoms with E-state index in [1.54, 1.807) is 26.6 Å². The maximum atomic E-state index is 6.12. The van der Waals surface area contributed by atoms with Crippen LogP contribution in [0.4, 0.5) is 0 Å². The van der Waals surface area contributed by atoms with Crippen molar-refractivity contribution in [1.82, 2.24) is 9.97 Å². The fraction of sp³-hybridized carbons (Fsp3) is 0.636. The van der Waals surface area contributed by atoms with Crippen molar-refractivity contribution < 1.29 is 9.47 Å². The van der Waals surface area contributed by atoms with Crippen molar-refractivity contribution in [1.29, 1.82) is 0 Å². The number of aromatic nitrogens is 2. The first-order chi connectivity index (χ1) is 7.61. The van der Waals surface area contributed by atoms with Crippen LogP contribution in [0, 0.1) is 5.92 Å². The molecule has 16 heavy (non-hydrogen) atoms. The Kier molecular flexibility index (Phi) is 4.64. The number of methoxy groups -OCH3 is 2. The van der Waals surface area contributed by atoms with E-state index in [1.165, 1.54) is 0 Å². The first-order valence-corrected chi connectivity index (χ1v) is 5.25. The van der Waals surface area contributed by atoms with Crippen LogP contribution in [0.25, 0.3) is 0 Å². The summed E-state index contributed by atoms with van der Waals surface area (Å²) in [6.07, 6.45) is 3.07. The molecule has 0 aliphatic rings. The number of hydrogen-bond donors (Lipinski definition) is 1. The molecule has 5 heteroatoms. The van der Waals surface area contributed by atoms with Crippen molar-refractivity contribution >= 4 is 0 Å². The molecule has 1 aromatic heterocycles. The van der Waals surface area contributed by atoms with E-state index in [9.17, 15) is 0 Å². The van der Waals surface area contributed by atoms with E-state index in [2.05, 4.69) is 23.8 Å². The molecule has 2 unspecified atom stereocenters. The lowest BCUT2D eigenvalue weighted by atomic mass is 9.97. The molecule has 90 valence electrons. The van der Waals surface area contributed by atoms with E-state index in [0.717, 1.165) is 0 Å². The van der Waals surface area contributed by atoms with Crippen LogP contribution in [-0.4, -0.2) is 30.3 Å². The lowest BCUT2D eigenvalue weighted by Crippen LogP contribution is -2.33. The van der Waals surface area contributed by atoms with Gasteiger partial charge >= 0.3 is 0 Å². The summed E-state index contributed by atoms with van der Waals surface area (Å²) < 4.78 is 10.5. The van der Waals surface area contributed by atoms with Crippen molar-refractivity contribution in [3.05, 3.63) is 18.1 Å². The Morgan fingerprint density at radius 1 is 1.19 bits per heavy atom. The number of nitrogens with two attached hydrogens (primary N) is 1. The lowest BCUT2D eigenvalue weighted by Gasteiger charge is -2.25. The summed E-state index contributed by atoms with van der Waals surface area (Å²) in [6, 6.07) is -0.339. The molecule has 0 amide bonds. The van der Waals surface area contributed by atoms with Gasteiger partial charge in [-0.15, -0.1) is 0 Å². The SMILES string of the molecule is COc1nccnc1C(N)C(OC)C(C)C. The Bertz CT molecular complexity index is 331. The average molecular weight is 225 g/mol. The summed E-state index contributed by atoms with van der Waals surface area (Å²) in [5.41, 5.74) is 6.75. The van der Waals surface area contributed by atoms with Crippen LogP contribution in [-0.2, 0) is 4.74 Å². The van der Waals surface area contributed by atoms with Gasteiger partial charge < -0.3 is 15.2 Å². The quantitative estimate of drug-likeness (QED) is 0.814. The molecular formula is C11H19N3O2. The van der Waals surface area contributed by atoms with Crippen LogP contribution in [0.5, 0.6) is 5.88 Å². The van der Waals surface area contributed by atoms with E-state index in [4.69, 9.17) is 15.2 Å². The molecule has 0 radical (unpaired) electrons. The predicted molar refractivity (Wildman–Crippen MR) is 61.1 cm³/mol. The van der Waals surface area contributed by atoms with Crippen molar-refractivity contribution in [2.24, 2.45) is 11.7 Å². The summed E-state index contributed by atoms with van der Waals surface area (Å²) >= 11 is 0. The first-order valence-electron chi connectivity index (χ1n) is 5.25. The van der Waals surface area contributed by atoms with Crippen molar-refractivity contribution in [2.75, 3.05) is 14.2 Å². The smallest absolute Gasteiger partial charge is 0.237 e. The minimum absolute atomic E-state index is 0.106. The molecule has 0 saturated carbocycles. The Hall–Kier alpha value is -1.20. The summed E-state index contributed by atoms with van der Waals surface area (Å²) in [5, 5.41) is 0. The van der Waals surface area contributed by atoms with Crippen LogP contribution in [0.15, 0.2) is 12.4 Å². The average Bonchev–Trinajstić information content (AvgIpc) is 2.29. The molecule has 0 saturated heterocycles. The molecule has 2 atom stereocenters. The molecule has 1 aromatic rings. The fourth-order valence-electron chi connectivity index (χ4n) is 1.71. The van der Waals surface area contributed by atoms with Gasteiger partial charge in [-0.2, -0.15) is 0 Å². The number of ether oxygens (including phenoxy) is 2. The van der Waals surface area contributed by atoms with Gasteiger partial charge in [0, 0.05) is 19.5 Å². The summed E-state index contributed by atoms with van der Waals surface area (Å²) in [7, 11) is 3.20. The highest BCUT2D eigenvalue weighted by molar-refractivity contribution is 5.22. The largest absolute Gasteiger partial charge is 0.480 e. The Balaban J connectivity index is 2.98. The lowest BCUT2D eigenvalue weighted by molar-refractivity contribution is 0.0418. The van der Waals surface area contributed by atoms with Gasteiger partial charge in [0.2, 0.25) is 5.88 Å². The third-order valence-corrected chi connectivity index (χ3v) is 2.48. The Labute approximate surface area is 96.0 Å². The second-order valence-corrected chi connectivity index (χ2v) is 3.92. The number of nitrogens with zero attached hydrogens (tertiary/aromatic N) is 2. The second kappa shape index (κ2) is 5.77. The highest BCUT2D eigenvalue weighted by Crippen LogP contribution is 2.25. The maximum absolute atomic E-state index is 6.12. The van der Waals surface area contributed by atoms with Crippen molar-refractivity contribution in [2.45, 2.75) is 26.0 Å². The minimum atomic E-state index is -0.339. The molecule has 1 heterocycles. The molecule has 0 bridgehead atoms. The van der Waals surface area contributed by atoms with E-state index >= 15 is 0 Å². The molecule has 0 aliphatic carbocycles. The summed E-state index contributed by atoms with van der Waals surface area (Å²) in [4.78, 5) is 8.28. The van der Waals surface area contributed by atoms with Crippen molar-refractivity contribution in [3.63, 3.8) is 0 Å². The maximum Gasteiger partial charge on any atom is 0.237 e. The van der Waals surface area contributed by atoms with E-state index in [-0.39, 0.29) is 12.1 Å². The Morgan fingerprint density at radius 2 is 1.81 bits per heavy atom. The minimum Gasteiger partial charge on any atom is -0.480 e. The van der Waals surface area contributed by atoms with Gasteiger partial charge in [0.1, 0.15) is 5.69 Å². The predicted octanol–water partition coefficient (Wildman–Crippen LogP) is 1.16. The van der Waals surface area contributed by atoms with Gasteiger partial charge in [-0.3, -0.25) is 4.98 Å². The molecular weight excluding hydrogens is 206 g/mol. The third-order valence-electron chi connectivity index (χ3n) is 2.48. The molecule has 0 aliphatic heterocycles. The van der Waals surface area contributed by atoms with Crippen LogP contribution < -0.4 is 10.5 Å². The monoisotopic (exact) mass is 225 g/mol. The number of hydrogen-bond acceptors (Lipinski definition) is 5. The van der Waals surface area contributed by atoms with Gasteiger partial charge in [0.15, 0.2) is 0 Å². The number of rotatable bonds is 5. The van der Waals surface area contributed by atoms with Crippen LogP contribution >= 0.6 is 0 Å². The fourth-order valence-corrected chi connectivity index (χ4v) is 1.71. The molecule has 0 spiro atoms. The molecule has 2 N–H and O–H groups in total. The van der Waals surface area contributed by atoms with Gasteiger partial charge in [0.25, 0.3) is 0 Å². The molecule has 0 fully saturated rings. The summed E-state index contributed by atoms with van der Waals surface area (Å²) in [5.74, 6) is 0.754. The zero-order valence-corrected chi connectivity index (χ0v) is 10.2.